The quantitative estimate of drug-likeness (QED) is 0.160. The number of rotatable bonds is 7. The Morgan fingerprint density at radius 1 is 0.348 bits per heavy atom. The molecule has 0 radical (unpaired) electrons. The number of nitrogens with zero attached hydrogens (tertiary/aromatic N) is 4. The largest absolute Gasteiger partial charge is 0.309 e. The van der Waals surface area contributed by atoms with Gasteiger partial charge in [0.25, 0.3) is 0 Å². The van der Waals surface area contributed by atoms with Crippen molar-refractivity contribution in [2.24, 2.45) is 0 Å². The molecule has 0 saturated heterocycles. The minimum atomic E-state index is -0.487. The van der Waals surface area contributed by atoms with Crippen LogP contribution in [0.5, 0.6) is 0 Å². The summed E-state index contributed by atoms with van der Waals surface area (Å²) in [7, 11) is 0. The van der Waals surface area contributed by atoms with Gasteiger partial charge in [0.05, 0.1) is 22.1 Å². The van der Waals surface area contributed by atoms with Crippen molar-refractivity contribution in [1.29, 1.82) is 0 Å². The van der Waals surface area contributed by atoms with Crippen LogP contribution in [-0.4, -0.2) is 19.5 Å². The highest BCUT2D eigenvalue weighted by atomic mass is 32.1. The molecular weight excluding hydrogens is 857 g/mol. The maximum Gasteiger partial charge on any atom is 0.164 e. The van der Waals surface area contributed by atoms with E-state index in [2.05, 4.69) is 211 Å². The summed E-state index contributed by atoms with van der Waals surface area (Å²) >= 11 is 1.81. The molecule has 5 heteroatoms. The van der Waals surface area contributed by atoms with Crippen molar-refractivity contribution in [3.8, 4) is 62.1 Å². The summed E-state index contributed by atoms with van der Waals surface area (Å²) in [5.41, 5.74) is 15.9. The van der Waals surface area contributed by atoms with E-state index in [9.17, 15) is 0 Å². The van der Waals surface area contributed by atoms with Crippen molar-refractivity contribution in [3.05, 3.63) is 265 Å². The third-order valence-electron chi connectivity index (χ3n) is 14.1. The van der Waals surface area contributed by atoms with Gasteiger partial charge in [0, 0.05) is 53.2 Å². The van der Waals surface area contributed by atoms with Gasteiger partial charge >= 0.3 is 0 Å². The summed E-state index contributed by atoms with van der Waals surface area (Å²) in [6, 6.07) is 87.7. The molecule has 322 valence electrons. The highest BCUT2D eigenvalue weighted by Gasteiger charge is 2.47. The Morgan fingerprint density at radius 3 is 1.59 bits per heavy atom. The summed E-state index contributed by atoms with van der Waals surface area (Å²) in [5.74, 6) is 1.97. The average molecular weight is 897 g/mol. The van der Waals surface area contributed by atoms with Crippen LogP contribution in [0.2, 0.25) is 0 Å². The minimum absolute atomic E-state index is 0.487. The summed E-state index contributed by atoms with van der Waals surface area (Å²) in [5, 5.41) is 4.78. The van der Waals surface area contributed by atoms with Crippen molar-refractivity contribution >= 4 is 53.3 Å². The predicted molar refractivity (Wildman–Crippen MR) is 286 cm³/mol. The minimum Gasteiger partial charge on any atom is -0.309 e. The average Bonchev–Trinajstić information content (AvgIpc) is 4.08. The fraction of sp³-hybridized carbons (Fsp3) is 0.0156. The Bertz CT molecular complexity index is 4020. The van der Waals surface area contributed by atoms with Gasteiger partial charge in [0.2, 0.25) is 0 Å². The lowest BCUT2D eigenvalue weighted by molar-refractivity contribution is 0.768. The first kappa shape index (κ1) is 39.4. The van der Waals surface area contributed by atoms with Crippen LogP contribution in [0.25, 0.3) is 104 Å². The van der Waals surface area contributed by atoms with E-state index in [0.717, 1.165) is 33.2 Å². The molecule has 0 spiro atoms. The summed E-state index contributed by atoms with van der Waals surface area (Å²) in [6.45, 7) is 0. The molecule has 3 aromatic heterocycles. The SMILES string of the molecule is c1ccc(-c2nc(-c3ccccc3)nc(-c3cccc4sc5ccc(-c6ccc7c(c6)c6ccccc6n7-c6cccc7c6-c6ccccc6C7(c6ccccc6)c6ccccc6)cc5c34)n2)cc1. The molecule has 3 heterocycles. The molecule has 0 amide bonds. The van der Waals surface area contributed by atoms with Gasteiger partial charge in [-0.15, -0.1) is 11.3 Å². The van der Waals surface area contributed by atoms with Gasteiger partial charge in [0.15, 0.2) is 17.5 Å². The van der Waals surface area contributed by atoms with E-state index in [4.69, 9.17) is 15.0 Å². The third-order valence-corrected chi connectivity index (χ3v) is 15.3. The Kier molecular flexibility index (Phi) is 8.95. The molecule has 1 aliphatic rings. The van der Waals surface area contributed by atoms with Crippen LogP contribution in [0.15, 0.2) is 243 Å². The molecule has 0 saturated carbocycles. The monoisotopic (exact) mass is 896 g/mol. The van der Waals surface area contributed by atoms with Crippen LogP contribution >= 0.6 is 11.3 Å². The number of thiophene rings is 1. The normalized spacial score (nSPS) is 12.8. The van der Waals surface area contributed by atoms with Crippen LogP contribution in [0.1, 0.15) is 22.3 Å². The lowest BCUT2D eigenvalue weighted by Gasteiger charge is -2.34. The van der Waals surface area contributed by atoms with E-state index in [1.165, 1.54) is 75.7 Å². The number of hydrogen-bond donors (Lipinski definition) is 0. The molecule has 69 heavy (non-hydrogen) atoms. The van der Waals surface area contributed by atoms with Crippen LogP contribution < -0.4 is 0 Å². The van der Waals surface area contributed by atoms with Gasteiger partial charge in [-0.2, -0.15) is 0 Å². The van der Waals surface area contributed by atoms with Gasteiger partial charge in [-0.25, -0.2) is 15.0 Å². The van der Waals surface area contributed by atoms with Gasteiger partial charge in [-0.05, 0) is 81.4 Å². The summed E-state index contributed by atoms with van der Waals surface area (Å²) < 4.78 is 4.92. The Morgan fingerprint density at radius 2 is 0.884 bits per heavy atom. The first-order chi connectivity index (χ1) is 34.2. The molecule has 13 aromatic rings. The molecule has 1 aliphatic carbocycles. The zero-order valence-corrected chi connectivity index (χ0v) is 38.1. The number of fused-ring (bicyclic) bond motifs is 9. The van der Waals surface area contributed by atoms with Crippen molar-refractivity contribution in [2.45, 2.75) is 5.41 Å². The first-order valence-electron chi connectivity index (χ1n) is 23.4. The highest BCUT2D eigenvalue weighted by molar-refractivity contribution is 7.26. The third kappa shape index (κ3) is 6.04. The predicted octanol–water partition coefficient (Wildman–Crippen LogP) is 16.4. The van der Waals surface area contributed by atoms with E-state index >= 15 is 0 Å². The standard InChI is InChI=1S/C64H40N4S/c1-5-19-41(20-6-1)61-65-62(42-21-7-2-8-22-42)67-63(66-61)49-29-17-34-58-59(49)51-40-44(36-38-57(51)69-58)43-35-37-55-50(39-43)47-27-14-16-32-54(47)68(55)56-33-18-31-53-60(56)48-28-13-15-30-52(48)64(53,45-23-9-3-10-24-45)46-25-11-4-12-26-46/h1-40H. The van der Waals surface area contributed by atoms with Crippen molar-refractivity contribution < 1.29 is 0 Å². The molecule has 0 aliphatic heterocycles. The van der Waals surface area contributed by atoms with Gasteiger partial charge in [-0.1, -0.05) is 200 Å². The lowest BCUT2D eigenvalue weighted by Crippen LogP contribution is -2.28. The molecule has 0 atom stereocenters. The second-order valence-corrected chi connectivity index (χ2v) is 18.9. The molecular formula is C64H40N4S. The fourth-order valence-corrected chi connectivity index (χ4v) is 12.3. The smallest absolute Gasteiger partial charge is 0.164 e. The number of hydrogen-bond acceptors (Lipinski definition) is 4. The van der Waals surface area contributed by atoms with E-state index in [0.29, 0.717) is 17.5 Å². The van der Waals surface area contributed by atoms with Crippen molar-refractivity contribution in [1.82, 2.24) is 19.5 Å². The summed E-state index contributed by atoms with van der Waals surface area (Å²) in [6.07, 6.45) is 0. The van der Waals surface area contributed by atoms with Gasteiger partial charge in [0.1, 0.15) is 0 Å². The van der Waals surface area contributed by atoms with E-state index in [1.54, 1.807) is 0 Å². The maximum absolute atomic E-state index is 5.16. The van der Waals surface area contributed by atoms with Crippen LogP contribution in [0.4, 0.5) is 0 Å². The lowest BCUT2D eigenvalue weighted by atomic mass is 9.68. The van der Waals surface area contributed by atoms with E-state index in [-0.39, 0.29) is 0 Å². The zero-order valence-electron chi connectivity index (χ0n) is 37.3. The topological polar surface area (TPSA) is 43.6 Å². The van der Waals surface area contributed by atoms with Crippen LogP contribution in [0, 0.1) is 0 Å². The molecule has 0 N–H and O–H groups in total. The highest BCUT2D eigenvalue weighted by Crippen LogP contribution is 2.58. The number of benzene rings is 10. The van der Waals surface area contributed by atoms with E-state index < -0.39 is 5.41 Å². The Hall–Kier alpha value is -8.77. The second kappa shape index (κ2) is 15.7. The molecule has 14 rings (SSSR count). The van der Waals surface area contributed by atoms with Crippen LogP contribution in [0.3, 0.4) is 0 Å². The first-order valence-corrected chi connectivity index (χ1v) is 24.2. The van der Waals surface area contributed by atoms with Gasteiger partial charge in [-0.3, -0.25) is 0 Å². The fourth-order valence-electron chi connectivity index (χ4n) is 11.2. The van der Waals surface area contributed by atoms with Gasteiger partial charge < -0.3 is 4.57 Å². The Labute approximate surface area is 403 Å². The molecule has 0 fully saturated rings. The van der Waals surface area contributed by atoms with E-state index in [1.807, 2.05) is 47.7 Å². The molecule has 4 nitrogen and oxygen atoms in total. The van der Waals surface area contributed by atoms with Crippen molar-refractivity contribution in [3.63, 3.8) is 0 Å². The Balaban J connectivity index is 0.947. The number of aromatic nitrogens is 4. The molecule has 0 bridgehead atoms. The second-order valence-electron chi connectivity index (χ2n) is 17.8. The zero-order chi connectivity index (χ0) is 45.5. The molecule has 0 unspecified atom stereocenters. The maximum atomic E-state index is 5.16. The molecule has 10 aromatic carbocycles. The van der Waals surface area contributed by atoms with Crippen LogP contribution in [-0.2, 0) is 5.41 Å². The summed E-state index contributed by atoms with van der Waals surface area (Å²) in [4.78, 5) is 15.3. The van der Waals surface area contributed by atoms with Crippen molar-refractivity contribution in [2.75, 3.05) is 0 Å². The number of para-hydroxylation sites is 1.